The Bertz CT molecular complexity index is 776. The summed E-state index contributed by atoms with van der Waals surface area (Å²) in [5.74, 6) is -0.651. The van der Waals surface area contributed by atoms with E-state index in [1.807, 2.05) is 20.8 Å². The molecule has 1 heterocycles. The highest BCUT2D eigenvalue weighted by Crippen LogP contribution is 2.28. The number of benzene rings is 1. The minimum Gasteiger partial charge on any atom is -0.597 e. The van der Waals surface area contributed by atoms with Crippen LogP contribution in [0.25, 0.3) is 0 Å². The van der Waals surface area contributed by atoms with Crippen molar-refractivity contribution >= 4 is 15.9 Å². The summed E-state index contributed by atoms with van der Waals surface area (Å²) in [5, 5.41) is 14.6. The lowest BCUT2D eigenvalue weighted by Crippen LogP contribution is -2.49. The number of hydrogen-bond acceptors (Lipinski definition) is 6. The lowest BCUT2D eigenvalue weighted by atomic mass is 10.1. The molecule has 1 saturated heterocycles. The molecular weight excluding hydrogens is 360 g/mol. The van der Waals surface area contributed by atoms with E-state index in [1.165, 1.54) is 16.3 Å². The quantitative estimate of drug-likeness (QED) is 0.418. The molecule has 26 heavy (non-hydrogen) atoms. The maximum Gasteiger partial charge on any atom is 0.293 e. The van der Waals surface area contributed by atoms with Crippen LogP contribution in [0.15, 0.2) is 34.4 Å². The summed E-state index contributed by atoms with van der Waals surface area (Å²) in [6, 6.07) is 6.59. The van der Waals surface area contributed by atoms with Crippen LogP contribution in [0.5, 0.6) is 0 Å². The maximum atomic E-state index is 13.0. The third-order valence-electron chi connectivity index (χ3n) is 4.16. The van der Waals surface area contributed by atoms with Crippen LogP contribution in [0.3, 0.4) is 0 Å². The topological polar surface area (TPSA) is 105 Å². The molecular formula is C16H24N4O5S. The van der Waals surface area contributed by atoms with Crippen LogP contribution in [0.4, 0.5) is 0 Å². The molecule has 2 rings (SSSR count). The molecule has 1 aromatic rings. The van der Waals surface area contributed by atoms with Crippen molar-refractivity contribution < 1.29 is 22.9 Å². The van der Waals surface area contributed by atoms with Gasteiger partial charge in [0.2, 0.25) is 10.0 Å². The van der Waals surface area contributed by atoms with E-state index in [-0.39, 0.29) is 28.8 Å². The molecule has 1 unspecified atom stereocenters. The predicted octanol–water partition coefficient (Wildman–Crippen LogP) is 1.33. The number of amides is 1. The van der Waals surface area contributed by atoms with Gasteiger partial charge in [-0.2, -0.15) is 4.31 Å². The fourth-order valence-electron chi connectivity index (χ4n) is 3.03. The lowest BCUT2D eigenvalue weighted by molar-refractivity contribution is -0.547. The van der Waals surface area contributed by atoms with Crippen LogP contribution in [-0.2, 0) is 19.7 Å². The molecule has 1 aliphatic heterocycles. The molecule has 0 bridgehead atoms. The molecule has 144 valence electrons. The van der Waals surface area contributed by atoms with Gasteiger partial charge in [0, 0.05) is 13.1 Å². The summed E-state index contributed by atoms with van der Waals surface area (Å²) in [4.78, 5) is 18.5. The van der Waals surface area contributed by atoms with Crippen LogP contribution in [-0.4, -0.2) is 61.3 Å². The average molecular weight is 384 g/mol. The van der Waals surface area contributed by atoms with E-state index in [2.05, 4.69) is 10.1 Å². The van der Waals surface area contributed by atoms with Crippen molar-refractivity contribution in [2.24, 2.45) is 11.2 Å². The first-order valence-corrected chi connectivity index (χ1v) is 9.69. The summed E-state index contributed by atoms with van der Waals surface area (Å²) in [6.07, 6.45) is -0.662. The van der Waals surface area contributed by atoms with Gasteiger partial charge < -0.3 is 14.9 Å². The Kier molecular flexibility index (Phi) is 6.19. The Morgan fingerprint density at radius 1 is 1.35 bits per heavy atom. The molecule has 0 spiro atoms. The van der Waals surface area contributed by atoms with Crippen LogP contribution in [0.2, 0.25) is 0 Å². The minimum atomic E-state index is -3.76. The maximum absolute atomic E-state index is 13.0. The smallest absolute Gasteiger partial charge is 0.293 e. The molecule has 10 heteroatoms. The van der Waals surface area contributed by atoms with Gasteiger partial charge in [0.1, 0.15) is 13.3 Å². The van der Waals surface area contributed by atoms with Crippen molar-refractivity contribution in [1.29, 1.82) is 0 Å². The van der Waals surface area contributed by atoms with E-state index in [4.69, 9.17) is 0 Å². The Morgan fingerprint density at radius 3 is 2.50 bits per heavy atom. The fraction of sp³-hybridized carbons (Fsp3) is 0.562. The number of nitrogens with zero attached hydrogens (tertiary/aromatic N) is 4. The third-order valence-corrected chi connectivity index (χ3v) is 6.05. The highest BCUT2D eigenvalue weighted by molar-refractivity contribution is 7.89. The minimum absolute atomic E-state index is 0.136. The van der Waals surface area contributed by atoms with Gasteiger partial charge in [0.15, 0.2) is 5.28 Å². The molecule has 0 N–H and O–H groups in total. The van der Waals surface area contributed by atoms with Crippen molar-refractivity contribution in [2.45, 2.75) is 31.8 Å². The summed E-state index contributed by atoms with van der Waals surface area (Å²) >= 11 is 0. The van der Waals surface area contributed by atoms with Gasteiger partial charge >= 0.3 is 0 Å². The summed E-state index contributed by atoms with van der Waals surface area (Å²) in [6.45, 7) is 5.41. The van der Waals surface area contributed by atoms with E-state index < -0.39 is 28.6 Å². The average Bonchev–Trinajstić information content (AvgIpc) is 3.01. The van der Waals surface area contributed by atoms with E-state index >= 15 is 0 Å². The Balaban J connectivity index is 2.29. The second kappa shape index (κ2) is 8.00. The van der Waals surface area contributed by atoms with E-state index in [0.29, 0.717) is 0 Å². The van der Waals surface area contributed by atoms with Gasteiger partial charge in [0.25, 0.3) is 12.5 Å². The Labute approximate surface area is 153 Å². The molecule has 1 aliphatic rings. The molecule has 1 aromatic carbocycles. The van der Waals surface area contributed by atoms with Crippen molar-refractivity contribution in [1.82, 2.24) is 9.21 Å². The SMILES string of the molecule is CO/N=[N+](\[O-])CC(=O)N1CCN(S(=O)(=O)c2ccc(C)cc2)C1C(C)C. The van der Waals surface area contributed by atoms with Crippen molar-refractivity contribution in [2.75, 3.05) is 26.7 Å². The lowest BCUT2D eigenvalue weighted by Gasteiger charge is -2.32. The van der Waals surface area contributed by atoms with Crippen LogP contribution in [0.1, 0.15) is 19.4 Å². The van der Waals surface area contributed by atoms with Crippen LogP contribution in [0, 0.1) is 18.0 Å². The second-order valence-electron chi connectivity index (χ2n) is 6.45. The van der Waals surface area contributed by atoms with Gasteiger partial charge in [-0.05, 0) is 29.8 Å². The first kappa shape index (κ1) is 20.1. The van der Waals surface area contributed by atoms with Crippen LogP contribution < -0.4 is 0 Å². The number of rotatable bonds is 6. The number of carbonyl (C=O) groups is 1. The van der Waals surface area contributed by atoms with E-state index in [0.717, 1.165) is 5.56 Å². The number of hydrogen-bond donors (Lipinski definition) is 0. The normalized spacial score (nSPS) is 19.2. The number of sulfonamides is 1. The molecule has 1 amide bonds. The monoisotopic (exact) mass is 384 g/mol. The molecule has 0 aromatic heterocycles. The van der Waals surface area contributed by atoms with E-state index in [9.17, 15) is 18.4 Å². The van der Waals surface area contributed by atoms with Crippen molar-refractivity contribution in [3.05, 3.63) is 35.0 Å². The van der Waals surface area contributed by atoms with Crippen molar-refractivity contribution in [3.63, 3.8) is 0 Å². The van der Waals surface area contributed by atoms with Gasteiger partial charge in [-0.3, -0.25) is 4.79 Å². The molecule has 1 atom stereocenters. The van der Waals surface area contributed by atoms with Gasteiger partial charge in [0.05, 0.1) is 4.90 Å². The third kappa shape index (κ3) is 4.13. The van der Waals surface area contributed by atoms with Crippen LogP contribution >= 0.6 is 0 Å². The molecule has 0 radical (unpaired) electrons. The summed E-state index contributed by atoms with van der Waals surface area (Å²) in [7, 11) is -2.55. The summed E-state index contributed by atoms with van der Waals surface area (Å²) < 4.78 is 27.4. The zero-order valence-corrected chi connectivity index (χ0v) is 16.1. The molecule has 0 aliphatic carbocycles. The zero-order chi connectivity index (χ0) is 19.5. The van der Waals surface area contributed by atoms with Gasteiger partial charge in [-0.25, -0.2) is 8.42 Å². The summed E-state index contributed by atoms with van der Waals surface area (Å²) in [5.41, 5.74) is 0.958. The number of carbonyl (C=O) groups excluding carboxylic acids is 1. The first-order chi connectivity index (χ1) is 12.2. The first-order valence-electron chi connectivity index (χ1n) is 8.25. The predicted molar refractivity (Wildman–Crippen MR) is 93.3 cm³/mol. The molecule has 0 saturated carbocycles. The fourth-order valence-corrected chi connectivity index (χ4v) is 4.74. The second-order valence-corrected chi connectivity index (χ2v) is 8.34. The molecule has 1 fully saturated rings. The van der Waals surface area contributed by atoms with Crippen molar-refractivity contribution in [3.8, 4) is 0 Å². The zero-order valence-electron chi connectivity index (χ0n) is 15.3. The largest absolute Gasteiger partial charge is 0.597 e. The Morgan fingerprint density at radius 2 is 1.96 bits per heavy atom. The van der Waals surface area contributed by atoms with Gasteiger partial charge in [-0.1, -0.05) is 31.5 Å². The molecule has 9 nitrogen and oxygen atoms in total. The van der Waals surface area contributed by atoms with Gasteiger partial charge in [-0.15, -0.1) is 0 Å². The standard InChI is InChI=1S/C16H24N4O5S/c1-12(2)16-18(15(21)11-20(22)17-25-4)9-10-19(16)26(23,24)14-7-5-13(3)6-8-14/h5-8,12,16H,9-11H2,1-4H3/b20-17-. The number of aryl methyl sites for hydroxylation is 1. The number of hydroxylamine groups is 1. The Hall–Kier alpha value is -2.20. The van der Waals surface area contributed by atoms with E-state index in [1.54, 1.807) is 24.3 Å². The highest BCUT2D eigenvalue weighted by Gasteiger charge is 2.44. The highest BCUT2D eigenvalue weighted by atomic mass is 32.2.